The summed E-state index contributed by atoms with van der Waals surface area (Å²) in [4.78, 5) is 0.236. The van der Waals surface area contributed by atoms with Gasteiger partial charge in [0.1, 0.15) is 0 Å². The van der Waals surface area contributed by atoms with Gasteiger partial charge in [0.15, 0.2) is 9.84 Å². The third-order valence-corrected chi connectivity index (χ3v) is 3.73. The second kappa shape index (κ2) is 6.29. The molecule has 0 spiro atoms. The Labute approximate surface area is 107 Å². The molecule has 102 valence electrons. The van der Waals surface area contributed by atoms with Crippen molar-refractivity contribution in [2.45, 2.75) is 23.5 Å². The van der Waals surface area contributed by atoms with Gasteiger partial charge in [-0.25, -0.2) is 8.42 Å². The van der Waals surface area contributed by atoms with E-state index < -0.39 is 15.9 Å². The molecule has 1 aromatic rings. The van der Waals surface area contributed by atoms with Crippen molar-refractivity contribution in [2.75, 3.05) is 20.0 Å². The number of rotatable bonds is 6. The van der Waals surface area contributed by atoms with Crippen molar-refractivity contribution in [1.29, 1.82) is 0 Å². The van der Waals surface area contributed by atoms with E-state index in [2.05, 4.69) is 0 Å². The first-order valence-corrected chi connectivity index (χ1v) is 7.46. The van der Waals surface area contributed by atoms with Gasteiger partial charge < -0.3 is 15.6 Å². The number of benzene rings is 1. The Morgan fingerprint density at radius 2 is 1.89 bits per heavy atom. The van der Waals surface area contributed by atoms with Crippen LogP contribution in [0.4, 0.5) is 0 Å². The van der Waals surface area contributed by atoms with Gasteiger partial charge in [-0.05, 0) is 24.1 Å². The minimum atomic E-state index is -3.20. The second-order valence-corrected chi connectivity index (χ2v) is 6.32. The van der Waals surface area contributed by atoms with Gasteiger partial charge in [0.25, 0.3) is 0 Å². The van der Waals surface area contributed by atoms with Crippen molar-refractivity contribution >= 4 is 9.84 Å². The summed E-state index contributed by atoms with van der Waals surface area (Å²) in [5, 5.41) is 9.93. The molecule has 0 amide bonds. The molecule has 5 nitrogen and oxygen atoms in total. The Morgan fingerprint density at radius 1 is 1.33 bits per heavy atom. The fourth-order valence-electron chi connectivity index (χ4n) is 1.64. The van der Waals surface area contributed by atoms with Crippen LogP contribution in [0.3, 0.4) is 0 Å². The number of aliphatic hydroxyl groups excluding tert-OH is 1. The minimum absolute atomic E-state index is 0.236. The van der Waals surface area contributed by atoms with E-state index in [1.54, 1.807) is 19.2 Å². The van der Waals surface area contributed by atoms with E-state index in [1.165, 1.54) is 12.1 Å². The highest BCUT2D eigenvalue weighted by atomic mass is 32.2. The van der Waals surface area contributed by atoms with E-state index >= 15 is 0 Å². The van der Waals surface area contributed by atoms with Crippen molar-refractivity contribution in [3.8, 4) is 0 Å². The van der Waals surface area contributed by atoms with E-state index in [9.17, 15) is 13.5 Å². The Balaban J connectivity index is 2.73. The molecule has 0 aliphatic rings. The summed E-state index contributed by atoms with van der Waals surface area (Å²) in [6, 6.07) is 5.91. The van der Waals surface area contributed by atoms with Crippen LogP contribution in [0.1, 0.15) is 18.1 Å². The fourth-order valence-corrected chi connectivity index (χ4v) is 2.27. The van der Waals surface area contributed by atoms with Gasteiger partial charge >= 0.3 is 0 Å². The van der Waals surface area contributed by atoms with Crippen LogP contribution in [-0.2, 0) is 14.6 Å². The van der Waals surface area contributed by atoms with Crippen LogP contribution in [-0.4, -0.2) is 39.5 Å². The van der Waals surface area contributed by atoms with Crippen LogP contribution in [0.25, 0.3) is 0 Å². The predicted octanol–water partition coefficient (Wildman–Crippen LogP) is 0.487. The average Bonchev–Trinajstić information content (AvgIpc) is 2.28. The molecule has 0 radical (unpaired) electrons. The summed E-state index contributed by atoms with van der Waals surface area (Å²) in [5.74, 6) is 0. The van der Waals surface area contributed by atoms with Crippen molar-refractivity contribution in [3.63, 3.8) is 0 Å². The summed E-state index contributed by atoms with van der Waals surface area (Å²) < 4.78 is 27.4. The first kappa shape index (κ1) is 15.1. The number of hydrogen-bond acceptors (Lipinski definition) is 5. The van der Waals surface area contributed by atoms with E-state index in [4.69, 9.17) is 10.5 Å². The highest BCUT2D eigenvalue weighted by Gasteiger charge is 2.14. The summed E-state index contributed by atoms with van der Waals surface area (Å²) in [6.07, 6.45) is 0.794. The minimum Gasteiger partial charge on any atom is -0.388 e. The van der Waals surface area contributed by atoms with Crippen LogP contribution >= 0.6 is 0 Å². The van der Waals surface area contributed by atoms with Crippen LogP contribution in [0.5, 0.6) is 0 Å². The lowest BCUT2D eigenvalue weighted by Gasteiger charge is -2.16. The molecule has 18 heavy (non-hydrogen) atoms. The van der Waals surface area contributed by atoms with Crippen LogP contribution in [0, 0.1) is 0 Å². The Hall–Kier alpha value is -0.950. The number of ether oxygens (including phenoxy) is 1. The van der Waals surface area contributed by atoms with Gasteiger partial charge in [-0.1, -0.05) is 12.1 Å². The van der Waals surface area contributed by atoms with Crippen molar-refractivity contribution in [2.24, 2.45) is 5.73 Å². The van der Waals surface area contributed by atoms with Crippen LogP contribution in [0.15, 0.2) is 29.2 Å². The number of aliphatic hydroxyl groups is 1. The van der Waals surface area contributed by atoms with Crippen molar-refractivity contribution < 1.29 is 18.3 Å². The van der Waals surface area contributed by atoms with Gasteiger partial charge in [-0.15, -0.1) is 0 Å². The van der Waals surface area contributed by atoms with Crippen LogP contribution in [0.2, 0.25) is 0 Å². The van der Waals surface area contributed by atoms with Gasteiger partial charge in [-0.3, -0.25) is 0 Å². The summed E-state index contributed by atoms with van der Waals surface area (Å²) >= 11 is 0. The number of sulfone groups is 1. The fraction of sp³-hybridized carbons (Fsp3) is 0.500. The molecule has 0 aliphatic heterocycles. The molecule has 1 rings (SSSR count). The Bertz CT molecular complexity index is 469. The molecule has 0 aliphatic carbocycles. The molecule has 2 unspecified atom stereocenters. The summed E-state index contributed by atoms with van der Waals surface area (Å²) in [7, 11) is -1.65. The maximum atomic E-state index is 11.3. The maximum Gasteiger partial charge on any atom is 0.175 e. The standard InChI is InChI=1S/C12H19NO4S/c1-17-8-10(13)7-12(14)9-3-5-11(6-4-9)18(2,15)16/h3-6,10,12,14H,7-8,13H2,1-2H3. The maximum absolute atomic E-state index is 11.3. The molecule has 0 bridgehead atoms. The average molecular weight is 273 g/mol. The zero-order chi connectivity index (χ0) is 13.8. The smallest absolute Gasteiger partial charge is 0.175 e. The molecular weight excluding hydrogens is 254 g/mol. The number of methoxy groups -OCH3 is 1. The molecule has 2 atom stereocenters. The molecular formula is C12H19NO4S. The van der Waals surface area contributed by atoms with Gasteiger partial charge in [0, 0.05) is 19.4 Å². The lowest BCUT2D eigenvalue weighted by molar-refractivity contribution is 0.122. The van der Waals surface area contributed by atoms with Gasteiger partial charge in [0.2, 0.25) is 0 Å². The highest BCUT2D eigenvalue weighted by Crippen LogP contribution is 2.20. The molecule has 6 heteroatoms. The SMILES string of the molecule is COCC(N)CC(O)c1ccc(S(C)(=O)=O)cc1. The van der Waals surface area contributed by atoms with E-state index in [1.807, 2.05) is 0 Å². The van der Waals surface area contributed by atoms with E-state index in [0.29, 0.717) is 18.6 Å². The molecule has 3 N–H and O–H groups in total. The normalized spacial score (nSPS) is 15.3. The second-order valence-electron chi connectivity index (χ2n) is 4.31. The monoisotopic (exact) mass is 273 g/mol. The lowest BCUT2D eigenvalue weighted by atomic mass is 10.0. The highest BCUT2D eigenvalue weighted by molar-refractivity contribution is 7.90. The summed E-state index contributed by atoms with van der Waals surface area (Å²) in [5.41, 5.74) is 6.39. The summed E-state index contributed by atoms with van der Waals surface area (Å²) in [6.45, 7) is 0.373. The molecule has 0 heterocycles. The zero-order valence-corrected chi connectivity index (χ0v) is 11.4. The number of nitrogens with two attached hydrogens (primary N) is 1. The van der Waals surface area contributed by atoms with Gasteiger partial charge in [-0.2, -0.15) is 0 Å². The van der Waals surface area contributed by atoms with E-state index in [-0.39, 0.29) is 10.9 Å². The molecule has 0 saturated carbocycles. The number of hydrogen-bond donors (Lipinski definition) is 2. The first-order chi connectivity index (χ1) is 8.34. The quantitative estimate of drug-likeness (QED) is 0.787. The predicted molar refractivity (Wildman–Crippen MR) is 69.0 cm³/mol. The Morgan fingerprint density at radius 3 is 2.33 bits per heavy atom. The largest absolute Gasteiger partial charge is 0.388 e. The van der Waals surface area contributed by atoms with Crippen molar-refractivity contribution in [3.05, 3.63) is 29.8 Å². The Kier molecular flexibility index (Phi) is 5.28. The van der Waals surface area contributed by atoms with Crippen molar-refractivity contribution in [1.82, 2.24) is 0 Å². The third-order valence-electron chi connectivity index (χ3n) is 2.60. The van der Waals surface area contributed by atoms with Gasteiger partial charge in [0.05, 0.1) is 17.6 Å². The molecule has 1 aromatic carbocycles. The third kappa shape index (κ3) is 4.38. The van der Waals surface area contributed by atoms with Crippen LogP contribution < -0.4 is 5.73 Å². The first-order valence-electron chi connectivity index (χ1n) is 5.57. The topological polar surface area (TPSA) is 89.6 Å². The molecule has 0 saturated heterocycles. The molecule has 0 fully saturated rings. The lowest BCUT2D eigenvalue weighted by Crippen LogP contribution is -2.27. The zero-order valence-electron chi connectivity index (χ0n) is 10.5. The molecule has 0 aromatic heterocycles. The van der Waals surface area contributed by atoms with E-state index in [0.717, 1.165) is 6.26 Å².